The molecule has 0 spiro atoms. The fraction of sp³-hybridized carbons (Fsp3) is 0.453. The minimum Gasteiger partial charge on any atom is -0.478 e. The third-order valence-corrected chi connectivity index (χ3v) is 32.7. The Labute approximate surface area is 817 Å². The largest absolute Gasteiger partial charge is 0.490 e. The van der Waals surface area contributed by atoms with Crippen LogP contribution in [-0.4, -0.2) is 261 Å². The van der Waals surface area contributed by atoms with E-state index in [1.54, 1.807) is 74.9 Å². The van der Waals surface area contributed by atoms with Crippen molar-refractivity contribution in [3.05, 3.63) is 143 Å². The van der Waals surface area contributed by atoms with Gasteiger partial charge < -0.3 is 116 Å². The van der Waals surface area contributed by atoms with Crippen molar-refractivity contribution in [3.63, 3.8) is 0 Å². The molecule has 2 saturated heterocycles. The maximum absolute atomic E-state index is 13.7. The van der Waals surface area contributed by atoms with E-state index in [2.05, 4.69) is 76.7 Å². The number of aromatic nitrogens is 4. The van der Waals surface area contributed by atoms with E-state index < -0.39 is 181 Å². The Morgan fingerprint density at radius 2 is 1.06 bits per heavy atom. The first-order valence-corrected chi connectivity index (χ1v) is 58.1. The highest BCUT2D eigenvalue weighted by Crippen LogP contribution is 2.68. The van der Waals surface area contributed by atoms with Crippen LogP contribution in [0.4, 0.5) is 26.9 Å². The summed E-state index contributed by atoms with van der Waals surface area (Å²) in [5.41, 5.74) is 15.6. The lowest BCUT2D eigenvalue weighted by Crippen LogP contribution is -2.33. The van der Waals surface area contributed by atoms with Gasteiger partial charge in [-0.3, -0.25) is 46.7 Å². The molecule has 0 aliphatic carbocycles. The molecule has 5 aliphatic heterocycles. The molecular weight excluding hydrogens is 2120 g/mol. The Morgan fingerprint density at radius 1 is 0.589 bits per heavy atom. The number of hydrogen-bond donors (Lipinski definition) is 18. The van der Waals surface area contributed by atoms with E-state index in [1.165, 1.54) is 70.6 Å². The Kier molecular flexibility index (Phi) is 40.9. The number of amides is 3. The molecule has 141 heavy (non-hydrogen) atoms. The number of hydrogen-bond acceptors (Lipinski definition) is 42. The average Bonchev–Trinajstić information content (AvgIpc) is 1.12. The standard InChI is InChI=1S/C54H62N7O26P3S4.C21H34N5O16P3S2/c1-29(62)10-13-81-44-22-46(85-45(44)26-83-89(71,72)87-90(73,74)86-88(68,69)70)61-25-31(48(55)58-51(61)66)7-6-11-57-52(67)82-14-16-92-91-15-12-56-49(63)34-9-8-30(17-37(34)50(64)65)47-38-18-35-32(27-93(75,76)77)23-53(2,3)59-40(35)20-42(38)84-43-21-41-36(19-39(43)47)33(28-94(78,79)80)24-54(4,5)60-41;1-14(27)4-7-37-16-11-18(40-17(16)13-39-44(33,34)42-45(35,36)41-43(30,31)32)26-12-15(19(23)25-20(26)28)3-2-6-24-21(29)38-8-10-47-46-9-5-22/h8-9,17-21,23-25,44-46,59H,10-16,22,26-28H2,1-5H3,(H,56,63)(H,57,67)(H,64,65)(H,71,72)(H,73,74)(H2,55,58,66)(H2,68,69,70)(H,75,76,77)(H,78,79,80);12,16-18H,4-11,13,22H2,1H3,(H,24,29)(H,33,34)(H,35,36)(H2,23,25,28)(H2,30,31,32)/t44?,45-,46-;16?,17-,18-/m11/s1. The van der Waals surface area contributed by atoms with Crippen LogP contribution in [0.3, 0.4) is 0 Å². The number of ether oxygens (including phenoxy) is 7. The molecule has 2 fully saturated rings. The third-order valence-electron chi connectivity index (χ3n) is 18.9. The summed E-state index contributed by atoms with van der Waals surface area (Å²) < 4.78 is 205. The quantitative estimate of drug-likeness (QED) is 0.00838. The number of carbonyl (C=O) groups is 6. The van der Waals surface area contributed by atoms with Crippen molar-refractivity contribution < 1.29 is 186 Å². The number of alkyl carbamates (subject to hydrolysis) is 2. The fourth-order valence-electron chi connectivity index (χ4n) is 13.6. The minimum absolute atomic E-state index is 0.0126. The summed E-state index contributed by atoms with van der Waals surface area (Å²) in [7, 11) is -37.5. The molecule has 0 radical (unpaired) electrons. The van der Waals surface area contributed by atoms with Gasteiger partial charge in [-0.25, -0.2) is 51.4 Å². The first kappa shape index (κ1) is 116. The topological polar surface area (TPSA) is 824 Å². The number of ketones is 2. The number of nitrogen functional groups attached to an aromatic ring is 2. The summed E-state index contributed by atoms with van der Waals surface area (Å²) in [5.74, 6) is 8.27. The van der Waals surface area contributed by atoms with E-state index >= 15 is 0 Å². The molecule has 7 heterocycles. The minimum atomic E-state index is -5.85. The summed E-state index contributed by atoms with van der Waals surface area (Å²) in [5, 5.41) is 22.2. The second-order valence-electron chi connectivity index (χ2n) is 31.3. The van der Waals surface area contributed by atoms with Gasteiger partial charge in [-0.05, 0) is 82.5 Å². The smallest absolute Gasteiger partial charge is 0.478 e. The Balaban J connectivity index is 0.000000396. The number of Topliss-reactive ketones (excluding diaryl/α,β-unsaturated/α-hetero) is 2. The predicted octanol–water partition coefficient (Wildman–Crippen LogP) is 4.16. The van der Waals surface area contributed by atoms with E-state index in [-0.39, 0.29) is 146 Å². The van der Waals surface area contributed by atoms with E-state index in [0.29, 0.717) is 56.6 Å². The summed E-state index contributed by atoms with van der Waals surface area (Å²) in [6.07, 6.45) is -3.34. The fourth-order valence-corrected chi connectivity index (χ4v) is 24.3. The van der Waals surface area contributed by atoms with Crippen LogP contribution in [0.5, 0.6) is 11.5 Å². The molecule has 6 unspecified atom stereocenters. The number of nitrogens with one attached hydrogen (secondary N) is 4. The average molecular weight is 2220 g/mol. The number of rotatable bonds is 46. The normalized spacial score (nSPS) is 19.5. The second kappa shape index (κ2) is 49.6. The summed E-state index contributed by atoms with van der Waals surface area (Å²) in [6, 6.07) is 10.6. The second-order valence-corrected chi connectivity index (χ2v) is 48.5. The van der Waals surface area contributed by atoms with Crippen LogP contribution < -0.4 is 65.2 Å². The van der Waals surface area contributed by atoms with Crippen molar-refractivity contribution >= 4 is 180 Å². The van der Waals surface area contributed by atoms with Crippen molar-refractivity contribution in [2.24, 2.45) is 10.7 Å². The van der Waals surface area contributed by atoms with Gasteiger partial charge in [0.15, 0.2) is 0 Å². The molecule has 0 bridgehead atoms. The monoisotopic (exact) mass is 2210 g/mol. The number of carboxylic acid groups (broad SMARTS) is 1. The number of phosphoric ester groups is 2. The van der Waals surface area contributed by atoms with Crippen molar-refractivity contribution in [2.45, 2.75) is 115 Å². The van der Waals surface area contributed by atoms with Crippen LogP contribution in [0.15, 0.2) is 81.6 Å². The molecule has 774 valence electrons. The lowest BCUT2D eigenvalue weighted by molar-refractivity contribution is -0.120. The zero-order chi connectivity index (χ0) is 104. The first-order chi connectivity index (χ1) is 65.5. The molecule has 0 saturated carbocycles. The van der Waals surface area contributed by atoms with Crippen LogP contribution in [0.2, 0.25) is 0 Å². The highest BCUT2D eigenvalue weighted by molar-refractivity contribution is 8.77. The number of anilines is 3. The predicted molar refractivity (Wildman–Crippen MR) is 506 cm³/mol. The number of fused-ring (bicyclic) bond motifs is 4. The number of carboxylic acids is 1. The number of phosphoric acid groups is 6. The number of benzene rings is 3. The molecule has 54 nitrogen and oxygen atoms in total. The van der Waals surface area contributed by atoms with Gasteiger partial charge in [-0.1, -0.05) is 85.1 Å². The number of nitrogens with zero attached hydrogens (tertiary/aromatic N) is 5. The van der Waals surface area contributed by atoms with Gasteiger partial charge in [0, 0.05) is 119 Å². The highest BCUT2D eigenvalue weighted by Gasteiger charge is 2.47. The third kappa shape index (κ3) is 37.2. The molecule has 21 N–H and O–H groups in total. The van der Waals surface area contributed by atoms with Crippen LogP contribution in [0.1, 0.15) is 134 Å². The molecular formula is C75H96N12O42P6S6. The van der Waals surface area contributed by atoms with Gasteiger partial charge in [0.1, 0.15) is 84.1 Å². The van der Waals surface area contributed by atoms with Crippen LogP contribution >= 0.6 is 90.1 Å². The van der Waals surface area contributed by atoms with Gasteiger partial charge in [0.2, 0.25) is 0 Å². The van der Waals surface area contributed by atoms with Gasteiger partial charge in [0.25, 0.3) is 26.1 Å². The molecule has 5 aliphatic rings. The lowest BCUT2D eigenvalue weighted by Gasteiger charge is -2.34. The van der Waals surface area contributed by atoms with Crippen LogP contribution in [0.25, 0.3) is 16.7 Å². The zero-order valence-corrected chi connectivity index (χ0v) is 84.9. The van der Waals surface area contributed by atoms with Crippen molar-refractivity contribution in [3.8, 4) is 35.2 Å². The summed E-state index contributed by atoms with van der Waals surface area (Å²) >= 11 is 0. The Morgan fingerprint density at radius 3 is 1.52 bits per heavy atom. The van der Waals surface area contributed by atoms with Crippen molar-refractivity contribution in [2.75, 3.05) is 117 Å². The number of aromatic carboxylic acids is 1. The van der Waals surface area contributed by atoms with Gasteiger partial charge >= 0.3 is 76.5 Å². The maximum atomic E-state index is 13.7. The highest BCUT2D eigenvalue weighted by atomic mass is 33.1. The van der Waals surface area contributed by atoms with Gasteiger partial charge in [-0.15, -0.1) is 0 Å². The van der Waals surface area contributed by atoms with Gasteiger partial charge in [-0.2, -0.15) is 44.0 Å². The van der Waals surface area contributed by atoms with Crippen LogP contribution in [-0.2, 0) is 112 Å². The Hall–Kier alpha value is -8.45. The van der Waals surface area contributed by atoms with E-state index in [9.17, 15) is 116 Å². The van der Waals surface area contributed by atoms with Crippen molar-refractivity contribution in [1.82, 2.24) is 35.1 Å². The first-order valence-electron chi connectivity index (χ1n) is 40.8. The van der Waals surface area contributed by atoms with E-state index in [0.717, 1.165) is 21.1 Å². The number of nitrogens with two attached hydrogens (primary N) is 3. The molecule has 3 amide bonds. The summed E-state index contributed by atoms with van der Waals surface area (Å²) in [6.45, 7) is 7.87. The molecule has 10 rings (SSSR count). The molecule has 66 heteroatoms. The molecule has 2 aromatic heterocycles. The SMILES string of the molecule is CC(=O)CCOC1C[C@H](n2cc(C#CCNC(=O)OCCSSCCN)c(N)nc2=O)O[C@@H]1COP(=O)(O)OP(=O)(O)OP(=O)(O)O.CC(=O)CCOC1C[C@H](n2cc(C#CCNC(=O)OCCSSCCNC(=O)c3ccc(C4=c5cc6c(cc5Oc5cc7c(cc54)C(CS(=O)(=O)O)=CC(C)(C)N7)=NC(C)(C)C=C6CS(=O)(=O)O)cc3C(=O)O)c(N)nc2=O)O[C@@H]1COP(=O)(O)OP(=O)(O)OP(=O)(O)O. The maximum Gasteiger partial charge on any atom is 0.490 e. The van der Waals surface area contributed by atoms with Crippen LogP contribution in [0, 0.1) is 23.7 Å². The molecule has 5 aromatic rings. The molecule has 10 atom stereocenters. The van der Waals surface area contributed by atoms with Gasteiger partial charge in [0.05, 0.1) is 90.4 Å². The van der Waals surface area contributed by atoms with E-state index in [4.69, 9.17) is 79.4 Å². The summed E-state index contributed by atoms with van der Waals surface area (Å²) in [4.78, 5) is 186. The van der Waals surface area contributed by atoms with E-state index in [1.807, 2.05) is 0 Å². The Bertz CT molecular complexity index is 6640. The molecule has 3 aromatic carbocycles. The van der Waals surface area contributed by atoms with Crippen molar-refractivity contribution in [1.29, 1.82) is 0 Å². The number of carbonyl (C=O) groups excluding carboxylic acids is 5. The lowest BCUT2D eigenvalue weighted by atomic mass is 9.85. The zero-order valence-electron chi connectivity index (χ0n) is 74.6.